The average Bonchev–Trinajstić information content (AvgIpc) is 2.37. The molecule has 0 saturated carbocycles. The van der Waals surface area contributed by atoms with E-state index in [0.29, 0.717) is 6.42 Å². The van der Waals surface area contributed by atoms with Gasteiger partial charge in [-0.05, 0) is 12.5 Å². The molecule has 0 unspecified atom stereocenters. The Morgan fingerprint density at radius 2 is 2.21 bits per heavy atom. The molecular formula is C12H17F2N3O2. The molecule has 0 aromatic heterocycles. The smallest absolute Gasteiger partial charge is 0.348 e. The lowest BCUT2D eigenvalue weighted by atomic mass is 10.3. The molecule has 5 nitrogen and oxygen atoms in total. The van der Waals surface area contributed by atoms with Gasteiger partial charge in [0.2, 0.25) is 0 Å². The van der Waals surface area contributed by atoms with Crippen LogP contribution in [0.1, 0.15) is 19.8 Å². The zero-order valence-corrected chi connectivity index (χ0v) is 10.9. The Morgan fingerprint density at radius 1 is 1.53 bits per heavy atom. The SMILES string of the molecule is C#CC/C=C(\N=C/CC)NNC(=O)C(F)(F)COC. The van der Waals surface area contributed by atoms with E-state index in [0.717, 1.165) is 7.11 Å². The summed E-state index contributed by atoms with van der Waals surface area (Å²) < 4.78 is 30.5. The fraction of sp³-hybridized carbons (Fsp3) is 0.500. The van der Waals surface area contributed by atoms with Gasteiger partial charge in [-0.3, -0.25) is 15.6 Å². The maximum atomic E-state index is 13.1. The number of halogens is 2. The Kier molecular flexibility index (Phi) is 8.13. The number of terminal acetylenes is 1. The standard InChI is InChI=1S/C12H17F2N3O2/c1-4-6-7-10(15-8-5-2)16-17-11(18)12(13,14)9-19-3/h1,7-8,16H,5-6,9H2,2-3H3,(H,17,18)/b10-7+,15-8-. The van der Waals surface area contributed by atoms with Crippen LogP contribution in [0.2, 0.25) is 0 Å². The zero-order chi connectivity index (χ0) is 14.7. The van der Waals surface area contributed by atoms with Crippen LogP contribution in [0, 0.1) is 12.3 Å². The molecule has 0 rings (SSSR count). The van der Waals surface area contributed by atoms with Crippen LogP contribution in [0.4, 0.5) is 8.78 Å². The van der Waals surface area contributed by atoms with Gasteiger partial charge in [0.1, 0.15) is 12.4 Å². The summed E-state index contributed by atoms with van der Waals surface area (Å²) >= 11 is 0. The number of methoxy groups -OCH3 is 1. The summed E-state index contributed by atoms with van der Waals surface area (Å²) in [5.74, 6) is -2.59. The number of hydrogen-bond acceptors (Lipinski definition) is 4. The molecule has 19 heavy (non-hydrogen) atoms. The summed E-state index contributed by atoms with van der Waals surface area (Å²) in [6.45, 7) is 0.857. The van der Waals surface area contributed by atoms with E-state index in [2.05, 4.69) is 21.1 Å². The summed E-state index contributed by atoms with van der Waals surface area (Å²) in [4.78, 5) is 15.1. The number of carbonyl (C=O) groups excluding carboxylic acids is 1. The zero-order valence-electron chi connectivity index (χ0n) is 10.9. The maximum absolute atomic E-state index is 13.1. The number of carbonyl (C=O) groups is 1. The fourth-order valence-electron chi connectivity index (χ4n) is 0.940. The minimum Gasteiger partial charge on any atom is -0.378 e. The first kappa shape index (κ1) is 17.1. The second-order valence-electron chi connectivity index (χ2n) is 3.43. The van der Waals surface area contributed by atoms with E-state index in [1.54, 1.807) is 6.21 Å². The summed E-state index contributed by atoms with van der Waals surface area (Å²) in [6.07, 6.45) is 9.02. The van der Waals surface area contributed by atoms with E-state index in [-0.39, 0.29) is 12.2 Å². The van der Waals surface area contributed by atoms with E-state index >= 15 is 0 Å². The fourth-order valence-corrected chi connectivity index (χ4v) is 0.940. The predicted molar refractivity (Wildman–Crippen MR) is 68.4 cm³/mol. The summed E-state index contributed by atoms with van der Waals surface area (Å²) in [6, 6.07) is 0. The van der Waals surface area contributed by atoms with Crippen LogP contribution in [-0.4, -0.2) is 31.8 Å². The summed E-state index contributed by atoms with van der Waals surface area (Å²) in [5, 5.41) is 0. The Morgan fingerprint density at radius 3 is 2.74 bits per heavy atom. The van der Waals surface area contributed by atoms with E-state index < -0.39 is 18.4 Å². The lowest BCUT2D eigenvalue weighted by Gasteiger charge is -2.15. The summed E-state index contributed by atoms with van der Waals surface area (Å²) in [7, 11) is 1.08. The number of allylic oxidation sites excluding steroid dienone is 1. The molecule has 106 valence electrons. The van der Waals surface area contributed by atoms with Crippen LogP contribution >= 0.6 is 0 Å². The Labute approximate surface area is 111 Å². The van der Waals surface area contributed by atoms with Gasteiger partial charge in [0.05, 0.1) is 0 Å². The van der Waals surface area contributed by atoms with Crippen molar-refractivity contribution in [3.8, 4) is 12.3 Å². The molecule has 0 aliphatic rings. The number of ether oxygens (including phenoxy) is 1. The maximum Gasteiger partial charge on any atom is 0.348 e. The van der Waals surface area contributed by atoms with Gasteiger partial charge in [-0.25, -0.2) is 4.99 Å². The van der Waals surface area contributed by atoms with E-state index in [4.69, 9.17) is 6.42 Å². The van der Waals surface area contributed by atoms with Gasteiger partial charge in [-0.1, -0.05) is 6.92 Å². The van der Waals surface area contributed by atoms with Gasteiger partial charge in [-0.15, -0.1) is 12.3 Å². The Balaban J connectivity index is 4.52. The molecule has 7 heteroatoms. The molecule has 0 radical (unpaired) electrons. The molecule has 1 amide bonds. The van der Waals surface area contributed by atoms with E-state index in [1.165, 1.54) is 6.08 Å². The van der Waals surface area contributed by atoms with Gasteiger partial charge in [-0.2, -0.15) is 8.78 Å². The molecule has 0 aliphatic heterocycles. The highest BCUT2D eigenvalue weighted by Crippen LogP contribution is 2.12. The van der Waals surface area contributed by atoms with Crippen molar-refractivity contribution in [3.63, 3.8) is 0 Å². The third kappa shape index (κ3) is 7.16. The lowest BCUT2D eigenvalue weighted by molar-refractivity contribution is -0.153. The molecule has 0 fully saturated rings. The number of alkyl halides is 2. The number of nitrogens with one attached hydrogen (secondary N) is 2. The second-order valence-corrected chi connectivity index (χ2v) is 3.43. The highest BCUT2D eigenvalue weighted by Gasteiger charge is 2.38. The molecule has 2 N–H and O–H groups in total. The first-order chi connectivity index (χ1) is 8.97. The van der Waals surface area contributed by atoms with Crippen LogP contribution < -0.4 is 10.9 Å². The average molecular weight is 273 g/mol. The van der Waals surface area contributed by atoms with Crippen LogP contribution in [0.5, 0.6) is 0 Å². The van der Waals surface area contributed by atoms with Crippen molar-refractivity contribution in [2.75, 3.05) is 13.7 Å². The topological polar surface area (TPSA) is 62.7 Å². The van der Waals surface area contributed by atoms with Crippen molar-refractivity contribution in [1.29, 1.82) is 0 Å². The van der Waals surface area contributed by atoms with Crippen molar-refractivity contribution in [1.82, 2.24) is 10.9 Å². The lowest BCUT2D eigenvalue weighted by Crippen LogP contribution is -2.48. The van der Waals surface area contributed by atoms with E-state index in [1.807, 2.05) is 12.3 Å². The third-order valence-electron chi connectivity index (χ3n) is 1.79. The number of aliphatic imine (C=N–C) groups is 1. The molecule has 0 bridgehead atoms. The number of rotatable bonds is 8. The monoisotopic (exact) mass is 273 g/mol. The molecular weight excluding hydrogens is 256 g/mol. The molecule has 0 aromatic rings. The van der Waals surface area contributed by atoms with Gasteiger partial charge < -0.3 is 4.74 Å². The second kappa shape index (κ2) is 9.05. The van der Waals surface area contributed by atoms with Crippen molar-refractivity contribution < 1.29 is 18.3 Å². The van der Waals surface area contributed by atoms with Crippen LogP contribution in [-0.2, 0) is 9.53 Å². The van der Waals surface area contributed by atoms with Crippen LogP contribution in [0.25, 0.3) is 0 Å². The van der Waals surface area contributed by atoms with Crippen molar-refractivity contribution in [3.05, 3.63) is 11.9 Å². The van der Waals surface area contributed by atoms with Gasteiger partial charge in [0.25, 0.3) is 0 Å². The largest absolute Gasteiger partial charge is 0.378 e. The number of hydrazine groups is 1. The third-order valence-corrected chi connectivity index (χ3v) is 1.79. The van der Waals surface area contributed by atoms with Crippen molar-refractivity contribution in [2.24, 2.45) is 4.99 Å². The molecule has 0 heterocycles. The van der Waals surface area contributed by atoms with E-state index in [9.17, 15) is 13.6 Å². The number of nitrogens with zero attached hydrogens (tertiary/aromatic N) is 1. The predicted octanol–water partition coefficient (Wildman–Crippen LogP) is 1.23. The normalized spacial score (nSPS) is 12.3. The first-order valence-electron chi connectivity index (χ1n) is 5.57. The molecule has 0 aliphatic carbocycles. The highest BCUT2D eigenvalue weighted by molar-refractivity contribution is 5.83. The van der Waals surface area contributed by atoms with Gasteiger partial charge in [0.15, 0.2) is 0 Å². The molecule has 0 spiro atoms. The number of amides is 1. The van der Waals surface area contributed by atoms with Gasteiger partial charge in [0, 0.05) is 19.7 Å². The number of hydrogen-bond donors (Lipinski definition) is 2. The van der Waals surface area contributed by atoms with Gasteiger partial charge >= 0.3 is 11.8 Å². The molecule has 0 atom stereocenters. The minimum absolute atomic E-state index is 0.196. The Bertz CT molecular complexity index is 387. The van der Waals surface area contributed by atoms with Crippen molar-refractivity contribution >= 4 is 12.1 Å². The quantitative estimate of drug-likeness (QED) is 0.397. The molecule has 0 saturated heterocycles. The summed E-state index contributed by atoms with van der Waals surface area (Å²) in [5.41, 5.74) is 4.14. The Hall–Kier alpha value is -1.94. The first-order valence-corrected chi connectivity index (χ1v) is 5.57. The molecule has 0 aromatic carbocycles. The minimum atomic E-state index is -3.62. The van der Waals surface area contributed by atoms with Crippen molar-refractivity contribution in [2.45, 2.75) is 25.7 Å². The van der Waals surface area contributed by atoms with Crippen LogP contribution in [0.3, 0.4) is 0 Å². The highest BCUT2D eigenvalue weighted by atomic mass is 19.3. The van der Waals surface area contributed by atoms with Crippen LogP contribution in [0.15, 0.2) is 16.9 Å².